The van der Waals surface area contributed by atoms with Crippen molar-refractivity contribution in [2.45, 2.75) is 58.3 Å². The van der Waals surface area contributed by atoms with Crippen LogP contribution in [-0.2, 0) is 6.42 Å². The molecule has 1 aromatic carbocycles. The summed E-state index contributed by atoms with van der Waals surface area (Å²) in [7, 11) is 0. The second-order valence-electron chi connectivity index (χ2n) is 6.64. The van der Waals surface area contributed by atoms with Crippen LogP contribution in [0, 0.1) is 11.3 Å². The Morgan fingerprint density at radius 1 is 1.33 bits per heavy atom. The summed E-state index contributed by atoms with van der Waals surface area (Å²) in [6.45, 7) is 4.81. The average molecular weight is 244 g/mol. The third-order valence-electron chi connectivity index (χ3n) is 5.58. The van der Waals surface area contributed by atoms with Crippen LogP contribution in [0.25, 0.3) is 0 Å². The molecule has 3 atom stereocenters. The van der Waals surface area contributed by atoms with Gasteiger partial charge in [-0.3, -0.25) is 0 Å². The minimum absolute atomic E-state index is 0.431. The summed E-state index contributed by atoms with van der Waals surface area (Å²) in [5.74, 6) is 2.06. The minimum Gasteiger partial charge on any atom is -0.508 e. The van der Waals surface area contributed by atoms with Crippen molar-refractivity contribution in [3.8, 4) is 5.75 Å². The van der Waals surface area contributed by atoms with Crippen molar-refractivity contribution in [1.29, 1.82) is 0 Å². The second kappa shape index (κ2) is 4.29. The van der Waals surface area contributed by atoms with Crippen LogP contribution in [0.5, 0.6) is 5.75 Å². The molecule has 2 aliphatic carbocycles. The predicted molar refractivity (Wildman–Crippen MR) is 74.9 cm³/mol. The van der Waals surface area contributed by atoms with Crippen LogP contribution in [0.2, 0.25) is 0 Å². The summed E-state index contributed by atoms with van der Waals surface area (Å²) >= 11 is 0. The molecule has 1 fully saturated rings. The van der Waals surface area contributed by atoms with Crippen molar-refractivity contribution in [2.24, 2.45) is 11.3 Å². The molecule has 0 aromatic heterocycles. The molecule has 3 rings (SSSR count). The first-order chi connectivity index (χ1) is 8.62. The van der Waals surface area contributed by atoms with Gasteiger partial charge in [-0.1, -0.05) is 26.3 Å². The summed E-state index contributed by atoms with van der Waals surface area (Å²) in [5, 5.41) is 9.65. The molecule has 0 aliphatic heterocycles. The van der Waals surface area contributed by atoms with E-state index in [0.717, 1.165) is 18.3 Å². The van der Waals surface area contributed by atoms with Gasteiger partial charge in [-0.2, -0.15) is 0 Å². The zero-order valence-corrected chi connectivity index (χ0v) is 11.6. The van der Waals surface area contributed by atoms with Crippen molar-refractivity contribution in [3.05, 3.63) is 29.3 Å². The van der Waals surface area contributed by atoms with Gasteiger partial charge in [-0.05, 0) is 72.6 Å². The number of phenols is 1. The van der Waals surface area contributed by atoms with Gasteiger partial charge >= 0.3 is 0 Å². The zero-order chi connectivity index (χ0) is 12.8. The fraction of sp³-hybridized carbons (Fsp3) is 0.647. The first-order valence-electron chi connectivity index (χ1n) is 7.44. The van der Waals surface area contributed by atoms with Gasteiger partial charge in [0.1, 0.15) is 5.75 Å². The van der Waals surface area contributed by atoms with E-state index in [1.807, 2.05) is 12.1 Å². The van der Waals surface area contributed by atoms with Crippen LogP contribution in [0.3, 0.4) is 0 Å². The van der Waals surface area contributed by atoms with Crippen LogP contribution in [0.4, 0.5) is 0 Å². The first kappa shape index (κ1) is 12.1. The predicted octanol–water partition coefficient (Wildman–Crippen LogP) is 4.64. The lowest BCUT2D eigenvalue weighted by Gasteiger charge is -2.48. The smallest absolute Gasteiger partial charge is 0.115 e. The monoisotopic (exact) mass is 244 g/mol. The molecule has 0 amide bonds. The lowest BCUT2D eigenvalue weighted by atomic mass is 9.56. The van der Waals surface area contributed by atoms with E-state index in [1.54, 1.807) is 0 Å². The molecule has 0 bridgehead atoms. The molecular weight excluding hydrogens is 220 g/mol. The molecular formula is C17H24O. The minimum atomic E-state index is 0.431. The van der Waals surface area contributed by atoms with E-state index < -0.39 is 0 Å². The molecule has 1 heteroatoms. The maximum Gasteiger partial charge on any atom is 0.115 e. The maximum absolute atomic E-state index is 9.65. The molecule has 1 unspecified atom stereocenters. The first-order valence-corrected chi connectivity index (χ1v) is 7.44. The van der Waals surface area contributed by atoms with Gasteiger partial charge in [0.15, 0.2) is 0 Å². The summed E-state index contributed by atoms with van der Waals surface area (Å²) < 4.78 is 0. The van der Waals surface area contributed by atoms with E-state index in [9.17, 15) is 5.11 Å². The summed E-state index contributed by atoms with van der Waals surface area (Å²) in [6.07, 6.45) is 7.91. The van der Waals surface area contributed by atoms with Crippen molar-refractivity contribution >= 4 is 0 Å². The molecule has 98 valence electrons. The van der Waals surface area contributed by atoms with Gasteiger partial charge in [0.25, 0.3) is 0 Å². The topological polar surface area (TPSA) is 20.2 Å². The van der Waals surface area contributed by atoms with Gasteiger partial charge in [0, 0.05) is 0 Å². The molecule has 0 spiro atoms. The summed E-state index contributed by atoms with van der Waals surface area (Å²) in [6, 6.07) is 6.05. The van der Waals surface area contributed by atoms with E-state index >= 15 is 0 Å². The normalized spacial score (nSPS) is 34.8. The molecule has 0 heterocycles. The van der Waals surface area contributed by atoms with Crippen LogP contribution in [0.1, 0.15) is 63.0 Å². The average Bonchev–Trinajstić information content (AvgIpc) is 2.38. The second-order valence-corrected chi connectivity index (χ2v) is 6.64. The zero-order valence-electron chi connectivity index (χ0n) is 11.6. The van der Waals surface area contributed by atoms with Gasteiger partial charge in [-0.15, -0.1) is 0 Å². The maximum atomic E-state index is 9.65. The number of hydrogen-bond donors (Lipinski definition) is 1. The number of hydrogen-bond acceptors (Lipinski definition) is 1. The lowest BCUT2D eigenvalue weighted by Crippen LogP contribution is -2.36. The van der Waals surface area contributed by atoms with Gasteiger partial charge in [0.2, 0.25) is 0 Å². The Morgan fingerprint density at radius 2 is 2.17 bits per heavy atom. The van der Waals surface area contributed by atoms with Crippen LogP contribution in [-0.4, -0.2) is 5.11 Å². The van der Waals surface area contributed by atoms with Crippen molar-refractivity contribution in [2.75, 3.05) is 0 Å². The molecule has 18 heavy (non-hydrogen) atoms. The Balaban J connectivity index is 1.98. The molecule has 0 saturated heterocycles. The summed E-state index contributed by atoms with van der Waals surface area (Å²) in [5.41, 5.74) is 3.43. The van der Waals surface area contributed by atoms with E-state index in [2.05, 4.69) is 19.9 Å². The Kier molecular flexibility index (Phi) is 2.88. The largest absolute Gasteiger partial charge is 0.508 e. The highest BCUT2D eigenvalue weighted by Gasteiger charge is 2.43. The Labute approximate surface area is 110 Å². The van der Waals surface area contributed by atoms with Gasteiger partial charge in [0.05, 0.1) is 0 Å². The van der Waals surface area contributed by atoms with E-state index in [0.29, 0.717) is 11.2 Å². The Bertz CT molecular complexity index is 451. The van der Waals surface area contributed by atoms with Gasteiger partial charge in [-0.25, -0.2) is 0 Å². The fourth-order valence-corrected chi connectivity index (χ4v) is 4.19. The molecule has 1 N–H and O–H groups in total. The third-order valence-corrected chi connectivity index (χ3v) is 5.58. The highest BCUT2D eigenvalue weighted by atomic mass is 16.3. The molecule has 2 aliphatic rings. The van der Waals surface area contributed by atoms with Gasteiger partial charge < -0.3 is 5.11 Å². The van der Waals surface area contributed by atoms with Crippen LogP contribution >= 0.6 is 0 Å². The Hall–Kier alpha value is -0.980. The van der Waals surface area contributed by atoms with E-state index in [4.69, 9.17) is 0 Å². The summed E-state index contributed by atoms with van der Waals surface area (Å²) in [4.78, 5) is 0. The van der Waals surface area contributed by atoms with Crippen LogP contribution < -0.4 is 0 Å². The van der Waals surface area contributed by atoms with Crippen LogP contribution in [0.15, 0.2) is 18.2 Å². The number of benzene rings is 1. The number of rotatable bonds is 1. The number of phenolic OH excluding ortho intramolecular Hbond substituents is 1. The number of aromatic hydroxyl groups is 1. The molecule has 1 aromatic rings. The van der Waals surface area contributed by atoms with E-state index in [-0.39, 0.29) is 0 Å². The molecule has 1 nitrogen and oxygen atoms in total. The number of fused-ring (bicyclic) bond motifs is 3. The third kappa shape index (κ3) is 1.84. The van der Waals surface area contributed by atoms with Crippen molar-refractivity contribution in [1.82, 2.24) is 0 Å². The van der Waals surface area contributed by atoms with Crippen molar-refractivity contribution in [3.63, 3.8) is 0 Å². The fourth-order valence-electron chi connectivity index (χ4n) is 4.19. The van der Waals surface area contributed by atoms with E-state index in [1.165, 1.54) is 43.2 Å². The standard InChI is InChI=1S/C17H24O/c1-3-12-6-8-17(2)9-7-13-11-14(18)4-5-15(13)16(17)10-12/h4-5,11-12,16,18H,3,6-10H2,1-2H3/t12?,16-,17+/m1/s1. The Morgan fingerprint density at radius 3 is 2.94 bits per heavy atom. The lowest BCUT2D eigenvalue weighted by molar-refractivity contribution is 0.110. The van der Waals surface area contributed by atoms with Crippen molar-refractivity contribution < 1.29 is 5.11 Å². The quantitative estimate of drug-likeness (QED) is 0.763. The number of aryl methyl sites for hydroxylation is 1. The molecule has 0 radical (unpaired) electrons. The molecule has 1 saturated carbocycles. The highest BCUT2D eigenvalue weighted by Crippen LogP contribution is 2.55. The highest BCUT2D eigenvalue weighted by molar-refractivity contribution is 5.40. The SMILES string of the molecule is CCC1CC[C@@]2(C)CCc3cc(O)ccc3[C@H]2C1.